The van der Waals surface area contributed by atoms with Crippen molar-refractivity contribution in [2.45, 2.75) is 118 Å². The monoisotopic (exact) mass is 1330 g/mol. The molecular weight excluding hydrogens is 1240 g/mol. The van der Waals surface area contributed by atoms with E-state index in [2.05, 4.69) is 306 Å². The second-order valence-electron chi connectivity index (χ2n) is 32.1. The Labute approximate surface area is 602 Å². The fourth-order valence-corrected chi connectivity index (χ4v) is 20.4. The molecule has 8 aliphatic rings. The molecule has 0 atom stereocenters. The van der Waals surface area contributed by atoms with Gasteiger partial charge in [0, 0.05) is 67.2 Å². The van der Waals surface area contributed by atoms with Crippen molar-refractivity contribution in [2.75, 3.05) is 9.80 Å². The van der Waals surface area contributed by atoms with Gasteiger partial charge in [-0.3, -0.25) is 0 Å². The first-order chi connectivity index (χ1) is 49.9. The molecule has 8 aliphatic carbocycles. The molecule has 0 aliphatic heterocycles. The largest absolute Gasteiger partial charge is 0.489 e. The molecule has 0 N–H and O–H groups in total. The van der Waals surface area contributed by atoms with Crippen LogP contribution in [0.25, 0.3) is 66.4 Å². The zero-order valence-electron chi connectivity index (χ0n) is 59.8. The van der Waals surface area contributed by atoms with E-state index in [0.29, 0.717) is 23.7 Å². The molecule has 21 rings (SSSR count). The second kappa shape index (κ2) is 25.4. The van der Waals surface area contributed by atoms with Gasteiger partial charge in [-0.1, -0.05) is 215 Å². The summed E-state index contributed by atoms with van der Waals surface area (Å²) in [6.07, 6.45) is 18.0. The molecule has 4 nitrogen and oxygen atoms in total. The first kappa shape index (κ1) is 62.8. The molecule has 8 fully saturated rings. The fourth-order valence-electron chi connectivity index (χ4n) is 20.4. The van der Waals surface area contributed by atoms with Crippen molar-refractivity contribution >= 4 is 101 Å². The zero-order chi connectivity index (χ0) is 68.4. The average molecular weight is 1330 g/mol. The number of nitrogens with zero attached hydrogens (tertiary/aromatic N) is 2. The van der Waals surface area contributed by atoms with Crippen molar-refractivity contribution in [1.82, 2.24) is 0 Å². The summed E-state index contributed by atoms with van der Waals surface area (Å²) in [6, 6.07) is 92.2. The molecule has 0 spiro atoms. The average Bonchev–Trinajstić information content (AvgIpc) is 0.693. The molecule has 0 aromatic heterocycles. The van der Waals surface area contributed by atoms with Crippen LogP contribution in [0.3, 0.4) is 0 Å². The molecule has 0 unspecified atom stereocenters. The van der Waals surface area contributed by atoms with Crippen LogP contribution in [0.15, 0.2) is 243 Å². The Morgan fingerprint density at radius 1 is 0.284 bits per heavy atom. The van der Waals surface area contributed by atoms with Crippen LogP contribution in [0.1, 0.15) is 131 Å². The lowest BCUT2D eigenvalue weighted by Gasteiger charge is -2.54. The first-order valence-electron chi connectivity index (χ1n) is 38.1. The third-order valence-electron chi connectivity index (χ3n) is 25.0. The van der Waals surface area contributed by atoms with Crippen LogP contribution < -0.4 is 19.3 Å². The molecule has 0 radical (unpaired) electrons. The van der Waals surface area contributed by atoms with Crippen molar-refractivity contribution in [3.8, 4) is 11.5 Å². The maximum atomic E-state index is 8.17. The zero-order valence-corrected chi connectivity index (χ0v) is 59.8. The number of rotatable bonds is 16. The molecule has 8 saturated carbocycles. The molecule has 0 amide bonds. The molecule has 102 heavy (non-hydrogen) atoms. The summed E-state index contributed by atoms with van der Waals surface area (Å²) >= 11 is 0. The lowest BCUT2D eigenvalue weighted by atomic mass is 9.55. The van der Waals surface area contributed by atoms with E-state index < -0.39 is 0 Å². The maximum Gasteiger partial charge on any atom is 0.130 e. The summed E-state index contributed by atoms with van der Waals surface area (Å²) in [7, 11) is 0. The highest BCUT2D eigenvalue weighted by Gasteiger charge is 2.51. The third kappa shape index (κ3) is 11.4. The third-order valence-corrected chi connectivity index (χ3v) is 25.0. The minimum absolute atomic E-state index is 0.143. The van der Waals surface area contributed by atoms with Crippen LogP contribution in [0.4, 0.5) is 34.1 Å². The minimum atomic E-state index is 0.143. The van der Waals surface area contributed by atoms with Crippen molar-refractivity contribution in [3.63, 3.8) is 0 Å². The first-order valence-corrected chi connectivity index (χ1v) is 38.1. The summed E-state index contributed by atoms with van der Waals surface area (Å²) < 4.78 is 16.3. The topological polar surface area (TPSA) is 24.9 Å². The van der Waals surface area contributed by atoms with Crippen LogP contribution in [0.2, 0.25) is 0 Å². The molecule has 13 aromatic rings. The van der Waals surface area contributed by atoms with Gasteiger partial charge in [-0.2, -0.15) is 0 Å². The van der Waals surface area contributed by atoms with Gasteiger partial charge in [0.1, 0.15) is 23.7 Å². The number of aryl methyl sites for hydroxylation is 6. The van der Waals surface area contributed by atoms with Gasteiger partial charge >= 0.3 is 0 Å². The van der Waals surface area contributed by atoms with Gasteiger partial charge in [0.2, 0.25) is 0 Å². The summed E-state index contributed by atoms with van der Waals surface area (Å²) in [5.41, 5.74) is 23.6. The second-order valence-corrected chi connectivity index (χ2v) is 32.1. The SMILES string of the molecule is Cc1ccc(C(=Cc2ccc(N(c3ccc(C)cc3)c3cc(OC4C5CC6CC(C5)CC4C6)c4c5cccc6c(N(c7ccc(C)cc7)c7ccc(C=C(c8ccc(C)cc8)c8ccc(C)cc8)cc7)cc(OC7C8CC9CC(C8)CC7C9)c(c7cccc3c74)c65)cc2)c2ccc(C)cc2)cc1. The van der Waals surface area contributed by atoms with E-state index in [9.17, 15) is 0 Å². The molecule has 0 saturated heterocycles. The lowest BCUT2D eigenvalue weighted by Crippen LogP contribution is -2.50. The number of hydrogen-bond acceptors (Lipinski definition) is 4. The Bertz CT molecular complexity index is 4880. The van der Waals surface area contributed by atoms with Gasteiger partial charge in [-0.05, 0) is 269 Å². The summed E-state index contributed by atoms with van der Waals surface area (Å²) in [4.78, 5) is 5.05. The fraction of sp³-hybridized carbons (Fsp3) is 0.265. The van der Waals surface area contributed by atoms with Crippen molar-refractivity contribution in [2.24, 2.45) is 47.3 Å². The van der Waals surface area contributed by atoms with E-state index >= 15 is 0 Å². The predicted molar refractivity (Wildman–Crippen MR) is 428 cm³/mol. The van der Waals surface area contributed by atoms with E-state index in [4.69, 9.17) is 9.47 Å². The van der Waals surface area contributed by atoms with Gasteiger partial charge in [0.25, 0.3) is 0 Å². The van der Waals surface area contributed by atoms with Crippen LogP contribution in [0, 0.1) is 88.9 Å². The smallest absolute Gasteiger partial charge is 0.130 e. The number of ether oxygens (including phenoxy) is 2. The van der Waals surface area contributed by atoms with E-state index in [1.165, 1.54) is 174 Å². The van der Waals surface area contributed by atoms with E-state index in [1.807, 2.05) is 0 Å². The van der Waals surface area contributed by atoms with Gasteiger partial charge in [0.15, 0.2) is 0 Å². The van der Waals surface area contributed by atoms with Crippen molar-refractivity contribution in [3.05, 3.63) is 309 Å². The van der Waals surface area contributed by atoms with Crippen LogP contribution in [-0.4, -0.2) is 12.2 Å². The van der Waals surface area contributed by atoms with E-state index in [0.717, 1.165) is 80.4 Å². The Morgan fingerprint density at radius 3 is 0.824 bits per heavy atom. The number of fused-ring (bicyclic) bond motifs is 2. The number of anilines is 6. The van der Waals surface area contributed by atoms with Crippen molar-refractivity contribution < 1.29 is 9.47 Å². The number of hydrogen-bond donors (Lipinski definition) is 0. The maximum absolute atomic E-state index is 8.17. The van der Waals surface area contributed by atoms with Crippen LogP contribution in [-0.2, 0) is 0 Å². The Morgan fingerprint density at radius 2 is 0.539 bits per heavy atom. The Hall–Kier alpha value is -10.2. The van der Waals surface area contributed by atoms with Crippen LogP contribution in [0.5, 0.6) is 11.5 Å². The Kier molecular flexibility index (Phi) is 15.7. The van der Waals surface area contributed by atoms with Gasteiger partial charge in [-0.15, -0.1) is 0 Å². The lowest BCUT2D eigenvalue weighted by molar-refractivity contribution is -0.0784. The molecule has 13 aromatic carbocycles. The van der Waals surface area contributed by atoms with Gasteiger partial charge in [0.05, 0.1) is 11.4 Å². The highest BCUT2D eigenvalue weighted by atomic mass is 16.5. The highest BCUT2D eigenvalue weighted by Crippen LogP contribution is 2.60. The summed E-state index contributed by atoms with van der Waals surface area (Å²) in [5.74, 6) is 7.41. The summed E-state index contributed by atoms with van der Waals surface area (Å²) in [5, 5.41) is 9.71. The Balaban J connectivity index is 0.834. The molecule has 4 heteroatoms. The van der Waals surface area contributed by atoms with E-state index in [-0.39, 0.29) is 12.2 Å². The quantitative estimate of drug-likeness (QED) is 0.0547. The van der Waals surface area contributed by atoms with Crippen LogP contribution >= 0.6 is 0 Å². The van der Waals surface area contributed by atoms with Gasteiger partial charge < -0.3 is 19.3 Å². The highest BCUT2D eigenvalue weighted by molar-refractivity contribution is 6.38. The van der Waals surface area contributed by atoms with Crippen molar-refractivity contribution in [1.29, 1.82) is 0 Å². The molecule has 8 bridgehead atoms. The van der Waals surface area contributed by atoms with E-state index in [1.54, 1.807) is 0 Å². The molecular formula is C98H90N2O2. The predicted octanol–water partition coefficient (Wildman–Crippen LogP) is 26.1. The normalized spacial score (nSPS) is 22.2. The standard InChI is InChI=1S/C98H90N2O2/c1-59-13-29-71(30-14-59)87(72-31-15-60(2)16-32-72)55-65-25-41-81(42-26-65)99(79-37-21-63(5)22-38-79)89-57-91(101-97-75-47-67-45-68(49-75)50-76(97)48-67)95-86-12-8-10-84-90(58-92(96(94(84)86)85-11-7-9-83(89)93(85)95)102-98-77-51-69-46-70(53-77)54-78(98)52-69)100(80-39-23-64(6)24-40-80)82-43-27-66(28-44-82)56-88(73-33-17-61(3)18-34-73)74-35-19-62(4)20-36-74/h7-44,55-58,67-70,75-78,97-98H,45-54H2,1-6H3. The minimum Gasteiger partial charge on any atom is -0.489 e. The molecule has 0 heterocycles. The number of benzene rings is 13. The molecule has 504 valence electrons. The van der Waals surface area contributed by atoms with Gasteiger partial charge in [-0.25, -0.2) is 0 Å². The summed E-state index contributed by atoms with van der Waals surface area (Å²) in [6.45, 7) is 13.1.